The molecule has 0 saturated heterocycles. The van der Waals surface area contributed by atoms with Gasteiger partial charge in [-0.2, -0.15) is 10.4 Å². The Morgan fingerprint density at radius 3 is 2.67 bits per heavy atom. The van der Waals surface area contributed by atoms with Gasteiger partial charge in [-0.25, -0.2) is 0 Å². The summed E-state index contributed by atoms with van der Waals surface area (Å²) in [5.41, 5.74) is -0.421. The number of hydrogen-bond acceptors (Lipinski definition) is 5. The number of nitrogens with one attached hydrogen (secondary N) is 1. The molecule has 2 fully saturated rings. The highest BCUT2D eigenvalue weighted by Gasteiger charge is 2.52. The molecule has 0 radical (unpaired) electrons. The van der Waals surface area contributed by atoms with Crippen molar-refractivity contribution in [1.82, 2.24) is 10.3 Å². The molecular formula is C18H29N5O. The fraction of sp³-hybridized carbons (Fsp3) is 0.889. The molecule has 3 unspecified atom stereocenters. The number of nitrogens with zero attached hydrogens (tertiary/aromatic N) is 4. The van der Waals surface area contributed by atoms with Crippen molar-refractivity contribution in [2.24, 2.45) is 22.2 Å². The first kappa shape index (κ1) is 17.2. The van der Waals surface area contributed by atoms with Crippen LogP contribution in [-0.4, -0.2) is 35.1 Å². The van der Waals surface area contributed by atoms with Crippen LogP contribution in [0.25, 0.3) is 0 Å². The topological polar surface area (TPSA) is 80.9 Å². The zero-order chi connectivity index (χ0) is 17.2. The molecule has 24 heavy (non-hydrogen) atoms. The van der Waals surface area contributed by atoms with Gasteiger partial charge in [0.15, 0.2) is 0 Å². The number of hydrogen-bond donors (Lipinski definition) is 1. The smallest absolute Gasteiger partial charge is 0.223 e. The first-order chi connectivity index (χ1) is 11.6. The van der Waals surface area contributed by atoms with Crippen molar-refractivity contribution in [1.29, 1.82) is 5.26 Å². The van der Waals surface area contributed by atoms with Gasteiger partial charge in [0.1, 0.15) is 11.6 Å². The minimum absolute atomic E-state index is 0.0214. The van der Waals surface area contributed by atoms with Gasteiger partial charge in [-0.3, -0.25) is 9.80 Å². The molecule has 1 heterocycles. The van der Waals surface area contributed by atoms with E-state index in [-0.39, 0.29) is 23.9 Å². The molecule has 1 N–H and O–H groups in total. The predicted molar refractivity (Wildman–Crippen MR) is 90.9 cm³/mol. The molecule has 1 aliphatic heterocycles. The third-order valence-electron chi connectivity index (χ3n) is 6.03. The highest BCUT2D eigenvalue weighted by Crippen LogP contribution is 2.43. The van der Waals surface area contributed by atoms with Crippen molar-refractivity contribution in [3.63, 3.8) is 0 Å². The van der Waals surface area contributed by atoms with Crippen molar-refractivity contribution < 1.29 is 4.79 Å². The van der Waals surface area contributed by atoms with Crippen LogP contribution in [0.2, 0.25) is 0 Å². The number of rotatable bonds is 6. The molecule has 6 heteroatoms. The van der Waals surface area contributed by atoms with Gasteiger partial charge in [0, 0.05) is 5.92 Å². The highest BCUT2D eigenvalue weighted by molar-refractivity contribution is 5.78. The molecule has 3 rings (SSSR count). The molecule has 132 valence electrons. The van der Waals surface area contributed by atoms with E-state index in [1.807, 2.05) is 18.9 Å². The van der Waals surface area contributed by atoms with Crippen molar-refractivity contribution >= 4 is 5.91 Å². The lowest BCUT2D eigenvalue weighted by Crippen LogP contribution is -2.51. The number of carbonyl (C=O) groups excluding carboxylic acids is 1. The quantitative estimate of drug-likeness (QED) is 0.811. The molecule has 0 aromatic carbocycles. The van der Waals surface area contributed by atoms with E-state index in [0.717, 1.165) is 32.1 Å². The Hall–Kier alpha value is -1.64. The van der Waals surface area contributed by atoms with Gasteiger partial charge < -0.3 is 5.32 Å². The maximum atomic E-state index is 12.5. The summed E-state index contributed by atoms with van der Waals surface area (Å²) >= 11 is 0. The number of amides is 1. The summed E-state index contributed by atoms with van der Waals surface area (Å²) < 4.78 is 0. The normalized spacial score (nSPS) is 28.2. The summed E-state index contributed by atoms with van der Waals surface area (Å²) in [6.45, 7) is 4.68. The summed E-state index contributed by atoms with van der Waals surface area (Å²) in [4.78, 5) is 12.5. The Bertz CT molecular complexity index is 530. The van der Waals surface area contributed by atoms with Gasteiger partial charge in [0.05, 0.1) is 18.7 Å². The van der Waals surface area contributed by atoms with Crippen LogP contribution < -0.4 is 5.32 Å². The first-order valence-corrected chi connectivity index (χ1v) is 9.49. The van der Waals surface area contributed by atoms with E-state index in [1.165, 1.54) is 19.3 Å². The van der Waals surface area contributed by atoms with Crippen LogP contribution in [0.5, 0.6) is 0 Å². The zero-order valence-electron chi connectivity index (χ0n) is 14.9. The molecule has 0 aromatic rings. The highest BCUT2D eigenvalue weighted by atomic mass is 16.1. The van der Waals surface area contributed by atoms with E-state index in [2.05, 4.69) is 21.7 Å². The van der Waals surface area contributed by atoms with Crippen molar-refractivity contribution in [3.05, 3.63) is 0 Å². The lowest BCUT2D eigenvalue weighted by Gasteiger charge is -2.34. The molecule has 0 aromatic heterocycles. The fourth-order valence-corrected chi connectivity index (χ4v) is 3.88. The van der Waals surface area contributed by atoms with Gasteiger partial charge in [-0.05, 0) is 38.0 Å². The Morgan fingerprint density at radius 1 is 1.38 bits per heavy atom. The maximum Gasteiger partial charge on any atom is 0.223 e. The van der Waals surface area contributed by atoms with E-state index >= 15 is 0 Å². The van der Waals surface area contributed by atoms with Crippen LogP contribution >= 0.6 is 0 Å². The van der Waals surface area contributed by atoms with Crippen molar-refractivity contribution in [2.45, 2.75) is 82.8 Å². The lowest BCUT2D eigenvalue weighted by molar-refractivity contribution is -0.126. The van der Waals surface area contributed by atoms with E-state index in [9.17, 15) is 10.1 Å². The average molecular weight is 331 g/mol. The number of carbonyl (C=O) groups is 1. The van der Waals surface area contributed by atoms with Crippen molar-refractivity contribution in [3.8, 4) is 6.07 Å². The third kappa shape index (κ3) is 3.40. The first-order valence-electron chi connectivity index (χ1n) is 9.49. The van der Waals surface area contributed by atoms with Gasteiger partial charge in [-0.1, -0.05) is 38.3 Å². The summed E-state index contributed by atoms with van der Waals surface area (Å²) in [6.07, 6.45) is 8.66. The molecule has 3 aliphatic rings. The molecule has 1 amide bonds. The minimum atomic E-state index is -0.421. The second-order valence-corrected chi connectivity index (χ2v) is 7.74. The standard InChI is InChI=1S/C18H29N5O/c1-3-13(2)17(24)20-16(14-7-5-4-6-8-14)15-11-23(22-21-15)18(12-19)9-10-18/h13-16H,3-11H2,1-2H3,(H,20,24). The van der Waals surface area contributed by atoms with Crippen LogP contribution in [0, 0.1) is 23.2 Å². The van der Waals surface area contributed by atoms with Crippen LogP contribution in [0.4, 0.5) is 0 Å². The maximum absolute atomic E-state index is 12.5. The van der Waals surface area contributed by atoms with E-state index in [1.54, 1.807) is 0 Å². The zero-order valence-corrected chi connectivity index (χ0v) is 14.9. The van der Waals surface area contributed by atoms with Crippen LogP contribution in [0.15, 0.2) is 10.3 Å². The van der Waals surface area contributed by atoms with E-state index in [4.69, 9.17) is 0 Å². The second-order valence-electron chi connectivity index (χ2n) is 7.74. The summed E-state index contributed by atoms with van der Waals surface area (Å²) in [7, 11) is 0. The van der Waals surface area contributed by atoms with Gasteiger partial charge in [0.2, 0.25) is 5.91 Å². The predicted octanol–water partition coefficient (Wildman–Crippen LogP) is 3.21. The molecule has 6 nitrogen and oxygen atoms in total. The molecule has 2 aliphatic carbocycles. The Kier molecular flexibility index (Phi) is 5.07. The summed E-state index contributed by atoms with van der Waals surface area (Å²) in [6, 6.07) is 2.42. The Balaban J connectivity index is 1.69. The van der Waals surface area contributed by atoms with E-state index < -0.39 is 5.54 Å². The Labute approximate surface area is 144 Å². The summed E-state index contributed by atoms with van der Waals surface area (Å²) in [5.74, 6) is 0.635. The summed E-state index contributed by atoms with van der Waals surface area (Å²) in [5, 5.41) is 23.3. The van der Waals surface area contributed by atoms with Gasteiger partial charge in [-0.15, -0.1) is 0 Å². The fourth-order valence-electron chi connectivity index (χ4n) is 3.88. The van der Waals surface area contributed by atoms with Crippen LogP contribution in [0.3, 0.4) is 0 Å². The second kappa shape index (κ2) is 7.08. The van der Waals surface area contributed by atoms with Gasteiger partial charge >= 0.3 is 0 Å². The molecule has 3 atom stereocenters. The molecule has 0 bridgehead atoms. The van der Waals surface area contributed by atoms with Gasteiger partial charge in [0.25, 0.3) is 0 Å². The average Bonchev–Trinajstić information content (AvgIpc) is 3.28. The third-order valence-corrected chi connectivity index (χ3v) is 6.03. The molecule has 0 spiro atoms. The lowest BCUT2D eigenvalue weighted by atomic mass is 9.80. The molecular weight excluding hydrogens is 302 g/mol. The monoisotopic (exact) mass is 331 g/mol. The van der Waals surface area contributed by atoms with E-state index in [0.29, 0.717) is 12.5 Å². The van der Waals surface area contributed by atoms with Crippen LogP contribution in [-0.2, 0) is 4.79 Å². The SMILES string of the molecule is CCC(C)C(=O)NC(C1CCCCC1)C1CN(C2(C#N)CC2)N=N1. The van der Waals surface area contributed by atoms with Crippen LogP contribution in [0.1, 0.15) is 65.2 Å². The molecule has 2 saturated carbocycles. The largest absolute Gasteiger partial charge is 0.351 e. The number of nitriles is 1. The van der Waals surface area contributed by atoms with Crippen molar-refractivity contribution in [2.75, 3.05) is 6.54 Å². The Morgan fingerprint density at radius 2 is 2.08 bits per heavy atom. The minimum Gasteiger partial charge on any atom is -0.351 e.